The Morgan fingerprint density at radius 1 is 0.938 bits per heavy atom. The van der Waals surface area contributed by atoms with Gasteiger partial charge in [-0.1, -0.05) is 50.2 Å². The van der Waals surface area contributed by atoms with E-state index in [1.165, 1.54) is 24.0 Å². The van der Waals surface area contributed by atoms with Crippen LogP contribution in [0.4, 0.5) is 0 Å². The Hall–Kier alpha value is -3.86. The topological polar surface area (TPSA) is 76.7 Å². The van der Waals surface area contributed by atoms with Crippen LogP contribution in [0.15, 0.2) is 76.1 Å². The number of rotatable bonds is 3. The molecule has 0 saturated heterocycles. The van der Waals surface area contributed by atoms with Crippen molar-refractivity contribution < 1.29 is 19.1 Å². The van der Waals surface area contributed by atoms with Gasteiger partial charge in [0, 0.05) is 11.5 Å². The van der Waals surface area contributed by atoms with Gasteiger partial charge in [-0.15, -0.1) is 0 Å². The standard InChI is InChI=1S/C27H22O5/c1-15(2)16-3-5-17(6-4-16)21-13-24(29)32-23-12-11-20-26(30)22(14-31-27(20)25(21)23)18-7-9-19(28)10-8-18/h3-12,14-15,21,28H,13H2,1-2H3/t21-/m1/s1. The molecule has 1 aromatic heterocycles. The van der Waals surface area contributed by atoms with E-state index in [2.05, 4.69) is 26.0 Å². The number of carbonyl (C=O) groups excluding carboxylic acids is 1. The average Bonchev–Trinajstić information content (AvgIpc) is 2.79. The van der Waals surface area contributed by atoms with Gasteiger partial charge in [0.1, 0.15) is 23.3 Å². The highest BCUT2D eigenvalue weighted by molar-refractivity contribution is 5.90. The van der Waals surface area contributed by atoms with Crippen LogP contribution < -0.4 is 10.2 Å². The van der Waals surface area contributed by atoms with Gasteiger partial charge in [0.2, 0.25) is 5.43 Å². The summed E-state index contributed by atoms with van der Waals surface area (Å²) in [7, 11) is 0. The van der Waals surface area contributed by atoms with E-state index in [4.69, 9.17) is 9.15 Å². The maximum Gasteiger partial charge on any atom is 0.312 e. The SMILES string of the molecule is CC(C)c1ccc([C@H]2CC(=O)Oc3ccc4c(=O)c(-c5ccc(O)cc5)coc4c32)cc1. The molecule has 4 aromatic rings. The van der Waals surface area contributed by atoms with E-state index in [1.807, 2.05) is 12.1 Å². The quantitative estimate of drug-likeness (QED) is 0.334. The van der Waals surface area contributed by atoms with Gasteiger partial charge in [-0.2, -0.15) is 0 Å². The first-order chi connectivity index (χ1) is 15.4. The summed E-state index contributed by atoms with van der Waals surface area (Å²) in [4.78, 5) is 25.6. The second-order valence-corrected chi connectivity index (χ2v) is 8.43. The highest BCUT2D eigenvalue weighted by atomic mass is 16.5. The molecule has 0 amide bonds. The predicted octanol–water partition coefficient (Wildman–Crippen LogP) is 5.73. The molecule has 0 aliphatic carbocycles. The van der Waals surface area contributed by atoms with Gasteiger partial charge in [-0.05, 0) is 46.9 Å². The summed E-state index contributed by atoms with van der Waals surface area (Å²) in [6.45, 7) is 4.27. The summed E-state index contributed by atoms with van der Waals surface area (Å²) in [5.41, 5.74) is 4.23. The van der Waals surface area contributed by atoms with Crippen molar-refractivity contribution in [2.24, 2.45) is 0 Å². The van der Waals surface area contributed by atoms with E-state index < -0.39 is 0 Å². The molecule has 0 fully saturated rings. The first-order valence-electron chi connectivity index (χ1n) is 10.6. The summed E-state index contributed by atoms with van der Waals surface area (Å²) >= 11 is 0. The Kier molecular flexibility index (Phi) is 4.82. The van der Waals surface area contributed by atoms with Gasteiger partial charge in [0.15, 0.2) is 0 Å². The van der Waals surface area contributed by atoms with Crippen molar-refractivity contribution >= 4 is 16.9 Å². The second kappa shape index (κ2) is 7.68. The van der Waals surface area contributed by atoms with Gasteiger partial charge in [0.05, 0.1) is 17.4 Å². The van der Waals surface area contributed by atoms with E-state index in [1.54, 1.807) is 24.3 Å². The number of esters is 1. The van der Waals surface area contributed by atoms with Gasteiger partial charge < -0.3 is 14.3 Å². The molecule has 32 heavy (non-hydrogen) atoms. The minimum absolute atomic E-state index is 0.126. The monoisotopic (exact) mass is 426 g/mol. The molecule has 1 aliphatic heterocycles. The maximum atomic E-state index is 13.3. The fourth-order valence-electron chi connectivity index (χ4n) is 4.29. The molecule has 0 spiro atoms. The molecule has 0 saturated carbocycles. The zero-order valence-corrected chi connectivity index (χ0v) is 17.8. The van der Waals surface area contributed by atoms with Crippen molar-refractivity contribution in [2.75, 3.05) is 0 Å². The number of hydrogen-bond acceptors (Lipinski definition) is 5. The molecule has 0 radical (unpaired) electrons. The number of phenolic OH excluding ortho intramolecular Hbond substituents is 1. The summed E-state index contributed by atoms with van der Waals surface area (Å²) < 4.78 is 11.5. The first-order valence-corrected chi connectivity index (χ1v) is 10.6. The Bertz CT molecular complexity index is 1380. The number of benzene rings is 3. The molecular weight excluding hydrogens is 404 g/mol. The van der Waals surface area contributed by atoms with Gasteiger partial charge >= 0.3 is 5.97 Å². The smallest absolute Gasteiger partial charge is 0.312 e. The van der Waals surface area contributed by atoms with Crippen LogP contribution >= 0.6 is 0 Å². The average molecular weight is 426 g/mol. The summed E-state index contributed by atoms with van der Waals surface area (Å²) in [5, 5.41) is 9.97. The number of carbonyl (C=O) groups is 1. The van der Waals surface area contributed by atoms with Crippen LogP contribution in [-0.2, 0) is 4.79 Å². The minimum Gasteiger partial charge on any atom is -0.508 e. The summed E-state index contributed by atoms with van der Waals surface area (Å²) in [5.74, 6) is 0.384. The lowest BCUT2D eigenvalue weighted by Gasteiger charge is -2.25. The Labute approximate surface area is 184 Å². The molecule has 5 rings (SSSR count). The van der Waals surface area contributed by atoms with Crippen LogP contribution in [0.1, 0.15) is 48.8 Å². The van der Waals surface area contributed by atoms with Crippen LogP contribution in [0.5, 0.6) is 11.5 Å². The lowest BCUT2D eigenvalue weighted by molar-refractivity contribution is -0.135. The van der Waals surface area contributed by atoms with Crippen LogP contribution in [0, 0.1) is 0 Å². The number of hydrogen-bond donors (Lipinski definition) is 1. The molecule has 5 heteroatoms. The third kappa shape index (κ3) is 3.36. The highest BCUT2D eigenvalue weighted by Crippen LogP contribution is 2.43. The molecule has 0 bridgehead atoms. The zero-order valence-electron chi connectivity index (χ0n) is 17.8. The minimum atomic E-state index is -0.308. The summed E-state index contributed by atoms with van der Waals surface area (Å²) in [6, 6.07) is 17.9. The third-order valence-corrected chi connectivity index (χ3v) is 6.07. The molecule has 0 unspecified atom stereocenters. The van der Waals surface area contributed by atoms with E-state index in [0.717, 1.165) is 5.56 Å². The number of phenols is 1. The Balaban J connectivity index is 1.68. The van der Waals surface area contributed by atoms with Crippen molar-refractivity contribution in [1.82, 2.24) is 0 Å². The fourth-order valence-corrected chi connectivity index (χ4v) is 4.29. The molecule has 1 atom stereocenters. The van der Waals surface area contributed by atoms with Gasteiger partial charge in [-0.25, -0.2) is 0 Å². The van der Waals surface area contributed by atoms with Crippen molar-refractivity contribution in [3.8, 4) is 22.6 Å². The lowest BCUT2D eigenvalue weighted by atomic mass is 9.84. The van der Waals surface area contributed by atoms with E-state index in [9.17, 15) is 14.7 Å². The Morgan fingerprint density at radius 3 is 2.34 bits per heavy atom. The normalized spacial score (nSPS) is 15.6. The molecule has 5 nitrogen and oxygen atoms in total. The van der Waals surface area contributed by atoms with E-state index >= 15 is 0 Å². The zero-order chi connectivity index (χ0) is 22.4. The van der Waals surface area contributed by atoms with Crippen molar-refractivity contribution in [1.29, 1.82) is 0 Å². The van der Waals surface area contributed by atoms with Crippen LogP contribution in [-0.4, -0.2) is 11.1 Å². The van der Waals surface area contributed by atoms with E-state index in [-0.39, 0.29) is 29.5 Å². The van der Waals surface area contributed by atoms with Gasteiger partial charge in [0.25, 0.3) is 0 Å². The van der Waals surface area contributed by atoms with Gasteiger partial charge in [-0.3, -0.25) is 9.59 Å². The molecule has 1 N–H and O–H groups in total. The van der Waals surface area contributed by atoms with Crippen molar-refractivity contribution in [3.05, 3.63) is 93.8 Å². The predicted molar refractivity (Wildman–Crippen MR) is 122 cm³/mol. The molecule has 2 heterocycles. The molecule has 160 valence electrons. The highest BCUT2D eigenvalue weighted by Gasteiger charge is 2.32. The van der Waals surface area contributed by atoms with E-state index in [0.29, 0.717) is 39.3 Å². The number of fused-ring (bicyclic) bond motifs is 3. The van der Waals surface area contributed by atoms with Crippen LogP contribution in [0.25, 0.3) is 22.1 Å². The molecular formula is C27H22O5. The van der Waals surface area contributed by atoms with Crippen LogP contribution in [0.2, 0.25) is 0 Å². The first kappa shape index (κ1) is 20.1. The van der Waals surface area contributed by atoms with Crippen molar-refractivity contribution in [2.45, 2.75) is 32.1 Å². The third-order valence-electron chi connectivity index (χ3n) is 6.07. The maximum absolute atomic E-state index is 13.3. The number of ether oxygens (including phenoxy) is 1. The van der Waals surface area contributed by atoms with Crippen molar-refractivity contribution in [3.63, 3.8) is 0 Å². The largest absolute Gasteiger partial charge is 0.508 e. The number of aromatic hydroxyl groups is 1. The molecule has 3 aromatic carbocycles. The van der Waals surface area contributed by atoms with Crippen LogP contribution in [0.3, 0.4) is 0 Å². The molecule has 1 aliphatic rings. The second-order valence-electron chi connectivity index (χ2n) is 8.43. The Morgan fingerprint density at radius 2 is 1.66 bits per heavy atom. The fraction of sp³-hybridized carbons (Fsp3) is 0.185. The summed E-state index contributed by atoms with van der Waals surface area (Å²) in [6.07, 6.45) is 1.61. The lowest BCUT2D eigenvalue weighted by Crippen LogP contribution is -2.22.